The van der Waals surface area contributed by atoms with Crippen molar-refractivity contribution in [2.75, 3.05) is 0 Å². The number of halogens is 2. The van der Waals surface area contributed by atoms with Crippen LogP contribution in [0, 0.1) is 5.82 Å². The van der Waals surface area contributed by atoms with Crippen LogP contribution in [0.5, 0.6) is 0 Å². The molecular weight excluding hydrogens is 321 g/mol. The first kappa shape index (κ1) is 14.4. The van der Waals surface area contributed by atoms with Crippen LogP contribution in [-0.4, -0.2) is 9.60 Å². The third kappa shape index (κ3) is 3.99. The molecule has 0 aliphatic rings. The lowest BCUT2D eigenvalue weighted by atomic mass is 10.2. The number of aliphatic imine (C=N–C) groups is 1. The van der Waals surface area contributed by atoms with Gasteiger partial charge in [-0.2, -0.15) is 0 Å². The number of hydrogen-bond acceptors (Lipinski definition) is 3. The van der Waals surface area contributed by atoms with Gasteiger partial charge in [-0.3, -0.25) is 9.98 Å². The number of hydrogen-bond donors (Lipinski definition) is 1. The van der Waals surface area contributed by atoms with E-state index >= 15 is 0 Å². The minimum Gasteiger partial charge on any atom is -0.397 e. The van der Waals surface area contributed by atoms with E-state index in [1.165, 1.54) is 6.07 Å². The Hall–Kier alpha value is -2.01. The third-order valence-corrected chi connectivity index (χ3v) is 3.07. The zero-order valence-electron chi connectivity index (χ0n) is 10.6. The maximum absolute atomic E-state index is 13.4. The summed E-state index contributed by atoms with van der Waals surface area (Å²) >= 11 is 3.30. The molecule has 2 rings (SSSR count). The first-order valence-electron chi connectivity index (χ1n) is 5.99. The first-order valence-corrected chi connectivity index (χ1v) is 6.78. The number of aromatic nitrogens is 1. The molecule has 102 valence electrons. The average molecular weight is 334 g/mol. The van der Waals surface area contributed by atoms with Crippen molar-refractivity contribution in [3.8, 4) is 0 Å². The van der Waals surface area contributed by atoms with E-state index < -0.39 is 0 Å². The lowest BCUT2D eigenvalue weighted by Crippen LogP contribution is -2.00. The van der Waals surface area contributed by atoms with Crippen molar-refractivity contribution < 1.29 is 4.39 Å². The normalized spacial score (nSPS) is 12.5. The van der Waals surface area contributed by atoms with E-state index in [4.69, 9.17) is 5.73 Å². The zero-order valence-corrected chi connectivity index (χ0v) is 12.2. The van der Waals surface area contributed by atoms with Gasteiger partial charge in [-0.25, -0.2) is 4.39 Å². The SMILES string of the molecule is NC(=CC(Br)=NCc1ccccc1F)c1ccccn1. The first-order chi connectivity index (χ1) is 9.66. The molecule has 0 atom stereocenters. The molecule has 0 aliphatic carbocycles. The van der Waals surface area contributed by atoms with Crippen molar-refractivity contribution >= 4 is 26.2 Å². The summed E-state index contributed by atoms with van der Waals surface area (Å²) in [4.78, 5) is 8.36. The van der Waals surface area contributed by atoms with Crippen molar-refractivity contribution in [3.63, 3.8) is 0 Å². The Morgan fingerprint density at radius 1 is 1.25 bits per heavy atom. The molecule has 0 radical (unpaired) electrons. The minimum absolute atomic E-state index is 0.249. The quantitative estimate of drug-likeness (QED) is 0.870. The Balaban J connectivity index is 2.10. The highest BCUT2D eigenvalue weighted by Gasteiger charge is 2.01. The highest BCUT2D eigenvalue weighted by Crippen LogP contribution is 2.10. The van der Waals surface area contributed by atoms with Crippen molar-refractivity contribution in [1.29, 1.82) is 0 Å². The Morgan fingerprint density at radius 3 is 2.70 bits per heavy atom. The molecule has 1 aromatic heterocycles. The smallest absolute Gasteiger partial charge is 0.128 e. The fraction of sp³-hybridized carbons (Fsp3) is 0.0667. The van der Waals surface area contributed by atoms with Gasteiger partial charge in [-0.05, 0) is 40.2 Å². The molecule has 0 saturated carbocycles. The predicted molar refractivity (Wildman–Crippen MR) is 82.9 cm³/mol. The van der Waals surface area contributed by atoms with E-state index in [0.29, 0.717) is 21.6 Å². The van der Waals surface area contributed by atoms with Crippen molar-refractivity contribution in [3.05, 3.63) is 71.8 Å². The molecule has 1 heterocycles. The largest absolute Gasteiger partial charge is 0.397 e. The topological polar surface area (TPSA) is 51.3 Å². The van der Waals surface area contributed by atoms with Gasteiger partial charge in [0, 0.05) is 11.8 Å². The van der Waals surface area contributed by atoms with Crippen LogP contribution in [0.2, 0.25) is 0 Å². The van der Waals surface area contributed by atoms with E-state index in [9.17, 15) is 4.39 Å². The number of nitrogens with two attached hydrogens (primary N) is 1. The predicted octanol–water partition coefficient (Wildman–Crippen LogP) is 3.51. The van der Waals surface area contributed by atoms with Gasteiger partial charge in [0.2, 0.25) is 0 Å². The maximum atomic E-state index is 13.4. The van der Waals surface area contributed by atoms with Gasteiger partial charge >= 0.3 is 0 Å². The van der Waals surface area contributed by atoms with E-state index in [1.54, 1.807) is 30.5 Å². The van der Waals surface area contributed by atoms with E-state index in [0.717, 1.165) is 0 Å². The van der Waals surface area contributed by atoms with Crippen LogP contribution in [0.3, 0.4) is 0 Å². The summed E-state index contributed by atoms with van der Waals surface area (Å²) in [6, 6.07) is 12.0. The number of benzene rings is 1. The summed E-state index contributed by atoms with van der Waals surface area (Å²) in [7, 11) is 0. The van der Waals surface area contributed by atoms with Crippen LogP contribution in [0.25, 0.3) is 5.70 Å². The molecule has 0 bridgehead atoms. The van der Waals surface area contributed by atoms with E-state index in [1.807, 2.05) is 18.2 Å². The number of rotatable bonds is 4. The molecule has 0 amide bonds. The molecule has 0 aliphatic heterocycles. The van der Waals surface area contributed by atoms with Crippen LogP contribution >= 0.6 is 15.9 Å². The van der Waals surface area contributed by atoms with E-state index in [2.05, 4.69) is 25.9 Å². The molecule has 1 aromatic carbocycles. The minimum atomic E-state index is -0.266. The summed E-state index contributed by atoms with van der Waals surface area (Å²) in [5, 5.41) is 0. The van der Waals surface area contributed by atoms with Gasteiger partial charge in [-0.15, -0.1) is 0 Å². The molecule has 2 aromatic rings. The van der Waals surface area contributed by atoms with Gasteiger partial charge < -0.3 is 5.73 Å². The average Bonchev–Trinajstić information content (AvgIpc) is 2.47. The molecule has 3 nitrogen and oxygen atoms in total. The standard InChI is InChI=1S/C15H13BrFN3/c16-15(9-13(18)14-7-3-4-8-19-14)20-10-11-5-1-2-6-12(11)17/h1-9H,10,18H2. The Bertz CT molecular complexity index is 639. The fourth-order valence-electron chi connectivity index (χ4n) is 1.57. The highest BCUT2D eigenvalue weighted by atomic mass is 79.9. The second-order valence-electron chi connectivity index (χ2n) is 4.05. The second-order valence-corrected chi connectivity index (χ2v) is 4.86. The Kier molecular flexibility index (Phi) is 5.01. The van der Waals surface area contributed by atoms with Crippen LogP contribution in [0.1, 0.15) is 11.3 Å². The molecular formula is C15H13BrFN3. The summed E-state index contributed by atoms with van der Waals surface area (Å²) in [5.41, 5.74) is 7.61. The van der Waals surface area contributed by atoms with Crippen LogP contribution in [-0.2, 0) is 6.54 Å². The monoisotopic (exact) mass is 333 g/mol. The molecule has 2 N–H and O–H groups in total. The van der Waals surface area contributed by atoms with Gasteiger partial charge in [-0.1, -0.05) is 24.3 Å². The Morgan fingerprint density at radius 2 is 2.00 bits per heavy atom. The number of nitrogens with zero attached hydrogens (tertiary/aromatic N) is 2. The molecule has 20 heavy (non-hydrogen) atoms. The maximum Gasteiger partial charge on any atom is 0.128 e. The van der Waals surface area contributed by atoms with Gasteiger partial charge in [0.05, 0.1) is 17.9 Å². The lowest BCUT2D eigenvalue weighted by molar-refractivity contribution is 0.611. The van der Waals surface area contributed by atoms with Crippen molar-refractivity contribution in [1.82, 2.24) is 4.98 Å². The summed E-state index contributed by atoms with van der Waals surface area (Å²) < 4.78 is 14.0. The summed E-state index contributed by atoms with van der Waals surface area (Å²) in [6.45, 7) is 0.249. The van der Waals surface area contributed by atoms with Gasteiger partial charge in [0.25, 0.3) is 0 Å². The van der Waals surface area contributed by atoms with Crippen molar-refractivity contribution in [2.24, 2.45) is 10.7 Å². The number of pyridine rings is 1. The fourth-order valence-corrected chi connectivity index (χ4v) is 1.94. The molecule has 0 unspecified atom stereocenters. The van der Waals surface area contributed by atoms with Crippen LogP contribution in [0.4, 0.5) is 4.39 Å². The van der Waals surface area contributed by atoms with Crippen molar-refractivity contribution in [2.45, 2.75) is 6.54 Å². The van der Waals surface area contributed by atoms with Crippen LogP contribution < -0.4 is 5.73 Å². The molecule has 0 spiro atoms. The third-order valence-electron chi connectivity index (χ3n) is 2.59. The lowest BCUT2D eigenvalue weighted by Gasteiger charge is -2.01. The second kappa shape index (κ2) is 6.96. The summed E-state index contributed by atoms with van der Waals surface area (Å²) in [6.07, 6.45) is 3.32. The molecule has 0 fully saturated rings. The van der Waals surface area contributed by atoms with Gasteiger partial charge in [0.1, 0.15) is 10.4 Å². The zero-order chi connectivity index (χ0) is 14.4. The number of allylic oxidation sites excluding steroid dienone is 1. The molecule has 0 saturated heterocycles. The van der Waals surface area contributed by atoms with E-state index in [-0.39, 0.29) is 12.4 Å². The Labute approximate surface area is 125 Å². The van der Waals surface area contributed by atoms with Gasteiger partial charge in [0.15, 0.2) is 0 Å². The van der Waals surface area contributed by atoms with Crippen LogP contribution in [0.15, 0.2) is 59.7 Å². The molecule has 5 heteroatoms. The highest BCUT2D eigenvalue weighted by molar-refractivity contribution is 9.18. The summed E-state index contributed by atoms with van der Waals surface area (Å²) in [5.74, 6) is -0.266.